The number of esters is 3. The van der Waals surface area contributed by atoms with Gasteiger partial charge in [-0.25, -0.2) is 4.79 Å². The molecule has 0 N–H and O–H groups in total. The number of ether oxygens (including phenoxy) is 4. The van der Waals surface area contributed by atoms with Crippen LogP contribution in [0.4, 0.5) is 0 Å². The van der Waals surface area contributed by atoms with Gasteiger partial charge in [-0.1, -0.05) is 19.9 Å². The summed E-state index contributed by atoms with van der Waals surface area (Å²) in [5, 5.41) is 0. The number of cyclic esters (lactones) is 1. The first kappa shape index (κ1) is 26.0. The van der Waals surface area contributed by atoms with E-state index in [1.165, 1.54) is 6.92 Å². The molecule has 7 unspecified atom stereocenters. The number of allylic oxidation sites excluding steroid dienone is 2. The van der Waals surface area contributed by atoms with E-state index in [2.05, 4.69) is 19.9 Å². The zero-order chi connectivity index (χ0) is 27.3. The Balaban J connectivity index is 1.66. The van der Waals surface area contributed by atoms with E-state index in [0.717, 1.165) is 5.57 Å². The van der Waals surface area contributed by atoms with Crippen molar-refractivity contribution in [1.29, 1.82) is 0 Å². The molecule has 3 aliphatic heterocycles. The van der Waals surface area contributed by atoms with Crippen LogP contribution >= 0.6 is 0 Å². The minimum atomic E-state index is -1.68. The van der Waals surface area contributed by atoms with E-state index in [4.69, 9.17) is 18.9 Å². The standard InChI is InChI=1S/C29H38O8/c1-15-9-10-20-26(7,29(15)14-28(24(33)37-29)23(32)16(2)17(3)35-28)12-11-19-25(5,6)36-22(31)13-21(27(19,20)8)34-18(4)30/h9,19-21H,10-14H2,1-8H3. The van der Waals surface area contributed by atoms with Crippen LogP contribution in [-0.4, -0.2) is 46.6 Å². The second-order valence-electron chi connectivity index (χ2n) is 12.8. The van der Waals surface area contributed by atoms with Gasteiger partial charge >= 0.3 is 17.9 Å². The van der Waals surface area contributed by atoms with Gasteiger partial charge in [0.15, 0.2) is 0 Å². The number of rotatable bonds is 1. The molecule has 1 saturated carbocycles. The molecule has 3 fully saturated rings. The van der Waals surface area contributed by atoms with Crippen molar-refractivity contribution in [1.82, 2.24) is 0 Å². The smallest absolute Gasteiger partial charge is 0.359 e. The van der Waals surface area contributed by atoms with Crippen LogP contribution < -0.4 is 0 Å². The maximum atomic E-state index is 13.6. The SMILES string of the molecule is CC(=O)OC1CC(=O)OC(C)(C)C2CCC3(C)C(CC=C(C)C34CC3(OC(C)=C(C)C3=O)C(=O)O4)C12C. The lowest BCUT2D eigenvalue weighted by molar-refractivity contribution is -0.223. The summed E-state index contributed by atoms with van der Waals surface area (Å²) in [6.07, 6.45) is 3.47. The number of Topliss-reactive ketones (excluding diaryl/α,β-unsaturated/α-hetero) is 1. The number of hydrogen-bond acceptors (Lipinski definition) is 8. The summed E-state index contributed by atoms with van der Waals surface area (Å²) < 4.78 is 24.2. The minimum absolute atomic E-state index is 0.0358. The molecule has 0 aromatic heterocycles. The second kappa shape index (κ2) is 7.70. The average molecular weight is 515 g/mol. The van der Waals surface area contributed by atoms with Gasteiger partial charge in [0, 0.05) is 29.2 Å². The number of fused-ring (bicyclic) bond motifs is 4. The fraction of sp³-hybridized carbons (Fsp3) is 0.724. The highest BCUT2D eigenvalue weighted by Gasteiger charge is 2.76. The van der Waals surface area contributed by atoms with Crippen molar-refractivity contribution >= 4 is 23.7 Å². The summed E-state index contributed by atoms with van der Waals surface area (Å²) in [5.41, 5.74) is -3.44. The Hall–Kier alpha value is -2.64. The number of ketones is 1. The van der Waals surface area contributed by atoms with Crippen molar-refractivity contribution in [2.75, 3.05) is 0 Å². The Morgan fingerprint density at radius 2 is 1.68 bits per heavy atom. The summed E-state index contributed by atoms with van der Waals surface area (Å²) in [6.45, 7) is 14.8. The van der Waals surface area contributed by atoms with Crippen LogP contribution in [0.5, 0.6) is 0 Å². The van der Waals surface area contributed by atoms with E-state index in [9.17, 15) is 19.2 Å². The van der Waals surface area contributed by atoms with Gasteiger partial charge in [-0.3, -0.25) is 14.4 Å². The Bertz CT molecular complexity index is 1180. The summed E-state index contributed by atoms with van der Waals surface area (Å²) in [4.78, 5) is 52.0. The van der Waals surface area contributed by atoms with Gasteiger partial charge in [-0.05, 0) is 65.4 Å². The van der Waals surface area contributed by atoms with E-state index < -0.39 is 45.7 Å². The third kappa shape index (κ3) is 3.13. The normalized spacial score (nSPS) is 44.5. The third-order valence-corrected chi connectivity index (χ3v) is 10.7. The molecule has 37 heavy (non-hydrogen) atoms. The van der Waals surface area contributed by atoms with Gasteiger partial charge in [-0.2, -0.15) is 0 Å². The predicted octanol–water partition coefficient (Wildman–Crippen LogP) is 4.35. The van der Waals surface area contributed by atoms with Gasteiger partial charge in [0.05, 0.1) is 12.8 Å². The van der Waals surface area contributed by atoms with Crippen LogP contribution in [0, 0.1) is 22.7 Å². The topological polar surface area (TPSA) is 105 Å². The number of carbonyl (C=O) groups excluding carboxylic acids is 4. The van der Waals surface area contributed by atoms with Gasteiger partial charge < -0.3 is 18.9 Å². The van der Waals surface area contributed by atoms with Gasteiger partial charge in [-0.15, -0.1) is 0 Å². The van der Waals surface area contributed by atoms with Crippen molar-refractivity contribution in [3.05, 3.63) is 23.0 Å². The predicted molar refractivity (Wildman–Crippen MR) is 132 cm³/mol. The van der Waals surface area contributed by atoms with Gasteiger partial charge in [0.25, 0.3) is 5.60 Å². The lowest BCUT2D eigenvalue weighted by atomic mass is 9.41. The van der Waals surface area contributed by atoms with Crippen LogP contribution in [0.25, 0.3) is 0 Å². The molecule has 2 spiro atoms. The summed E-state index contributed by atoms with van der Waals surface area (Å²) >= 11 is 0. The Morgan fingerprint density at radius 3 is 2.27 bits per heavy atom. The molecular formula is C29H38O8. The molecule has 8 heteroatoms. The lowest BCUT2D eigenvalue weighted by Gasteiger charge is -2.65. The summed E-state index contributed by atoms with van der Waals surface area (Å²) in [5.74, 6) is -1.60. The van der Waals surface area contributed by atoms with E-state index in [-0.39, 0.29) is 36.4 Å². The molecule has 0 bridgehead atoms. The molecule has 0 amide bonds. The lowest BCUT2D eigenvalue weighted by Crippen LogP contribution is -2.66. The van der Waals surface area contributed by atoms with Crippen LogP contribution in [0.2, 0.25) is 0 Å². The minimum Gasteiger partial charge on any atom is -0.471 e. The fourth-order valence-corrected chi connectivity index (χ4v) is 8.79. The zero-order valence-corrected chi connectivity index (χ0v) is 23.1. The largest absolute Gasteiger partial charge is 0.471 e. The molecule has 8 nitrogen and oxygen atoms in total. The quantitative estimate of drug-likeness (QED) is 0.220. The summed E-state index contributed by atoms with van der Waals surface area (Å²) in [6, 6.07) is 0. The maximum Gasteiger partial charge on any atom is 0.359 e. The molecular weight excluding hydrogens is 476 g/mol. The van der Waals surface area contributed by atoms with E-state index in [0.29, 0.717) is 30.6 Å². The first-order valence-corrected chi connectivity index (χ1v) is 13.3. The Morgan fingerprint density at radius 1 is 1.00 bits per heavy atom. The van der Waals surface area contributed by atoms with Crippen molar-refractivity contribution in [3.8, 4) is 0 Å². The first-order valence-electron chi connectivity index (χ1n) is 13.3. The number of hydrogen-bond donors (Lipinski definition) is 0. The first-order chi connectivity index (χ1) is 17.0. The summed E-state index contributed by atoms with van der Waals surface area (Å²) in [7, 11) is 0. The fourth-order valence-electron chi connectivity index (χ4n) is 8.79. The van der Waals surface area contributed by atoms with Crippen molar-refractivity contribution in [2.45, 2.75) is 110 Å². The number of carbonyl (C=O) groups is 4. The molecule has 2 saturated heterocycles. The maximum absolute atomic E-state index is 13.6. The highest BCUT2D eigenvalue weighted by atomic mass is 16.6. The third-order valence-electron chi connectivity index (χ3n) is 10.7. The van der Waals surface area contributed by atoms with Gasteiger partial charge in [0.2, 0.25) is 5.78 Å². The van der Waals surface area contributed by atoms with E-state index in [1.807, 2.05) is 20.8 Å². The zero-order valence-electron chi connectivity index (χ0n) is 23.1. The Labute approximate surface area is 218 Å². The average Bonchev–Trinajstić information content (AvgIpc) is 3.17. The second-order valence-corrected chi connectivity index (χ2v) is 12.8. The molecule has 5 rings (SSSR count). The Kier molecular flexibility index (Phi) is 5.41. The molecule has 3 heterocycles. The highest BCUT2D eigenvalue weighted by Crippen LogP contribution is 2.70. The van der Waals surface area contributed by atoms with Crippen LogP contribution in [0.3, 0.4) is 0 Å². The molecule has 202 valence electrons. The molecule has 0 radical (unpaired) electrons. The molecule has 0 aromatic carbocycles. The molecule has 0 aromatic rings. The van der Waals surface area contributed by atoms with E-state index >= 15 is 0 Å². The van der Waals surface area contributed by atoms with Crippen LogP contribution in [-0.2, 0) is 38.1 Å². The van der Waals surface area contributed by atoms with Gasteiger partial charge in [0.1, 0.15) is 23.1 Å². The molecule has 2 aliphatic carbocycles. The molecule has 5 aliphatic rings. The van der Waals surface area contributed by atoms with Crippen molar-refractivity contribution < 1.29 is 38.1 Å². The molecule has 7 atom stereocenters. The highest BCUT2D eigenvalue weighted by molar-refractivity contribution is 6.18. The monoisotopic (exact) mass is 514 g/mol. The van der Waals surface area contributed by atoms with Crippen molar-refractivity contribution in [2.24, 2.45) is 22.7 Å². The van der Waals surface area contributed by atoms with E-state index in [1.54, 1.807) is 13.8 Å². The van der Waals surface area contributed by atoms with Crippen molar-refractivity contribution in [3.63, 3.8) is 0 Å². The van der Waals surface area contributed by atoms with Crippen LogP contribution in [0.15, 0.2) is 23.0 Å². The van der Waals surface area contributed by atoms with Crippen LogP contribution in [0.1, 0.15) is 87.5 Å².